The van der Waals surface area contributed by atoms with Crippen LogP contribution in [0, 0.1) is 12.7 Å². The van der Waals surface area contributed by atoms with Crippen LogP contribution in [-0.4, -0.2) is 10.8 Å². The lowest BCUT2D eigenvalue weighted by molar-refractivity contribution is 0.0987. The maximum atomic E-state index is 12.7. The van der Waals surface area contributed by atoms with E-state index in [2.05, 4.69) is 4.98 Å². The Hall–Kier alpha value is -1.97. The summed E-state index contributed by atoms with van der Waals surface area (Å²) in [5.41, 5.74) is 1.20. The normalized spacial score (nSPS) is 10.4. The maximum Gasteiger partial charge on any atom is 0.227 e. The summed E-state index contributed by atoms with van der Waals surface area (Å²) < 4.78 is 18.0. The molecule has 4 heteroatoms. The van der Waals surface area contributed by atoms with Gasteiger partial charge in [0.2, 0.25) is 5.89 Å². The predicted molar refractivity (Wildman–Crippen MR) is 56.6 cm³/mol. The highest BCUT2D eigenvalue weighted by Crippen LogP contribution is 2.22. The fourth-order valence-corrected chi connectivity index (χ4v) is 1.44. The fraction of sp³-hybridized carbons (Fsp3) is 0.167. The summed E-state index contributed by atoms with van der Waals surface area (Å²) in [5.74, 6) is 0.0965. The molecule has 16 heavy (non-hydrogen) atoms. The molecule has 1 heterocycles. The van der Waals surface area contributed by atoms with E-state index in [9.17, 15) is 9.18 Å². The van der Waals surface area contributed by atoms with E-state index >= 15 is 0 Å². The summed E-state index contributed by atoms with van der Waals surface area (Å²) in [7, 11) is 0. The number of oxazole rings is 1. The van der Waals surface area contributed by atoms with Crippen LogP contribution in [0.3, 0.4) is 0 Å². The zero-order valence-corrected chi connectivity index (χ0v) is 8.95. The van der Waals surface area contributed by atoms with Crippen molar-refractivity contribution in [1.82, 2.24) is 4.98 Å². The molecule has 0 unspecified atom stereocenters. The van der Waals surface area contributed by atoms with Crippen molar-refractivity contribution in [2.45, 2.75) is 13.8 Å². The zero-order valence-electron chi connectivity index (χ0n) is 8.95. The minimum absolute atomic E-state index is 0.168. The summed E-state index contributed by atoms with van der Waals surface area (Å²) in [6.07, 6.45) is 0. The largest absolute Gasteiger partial charge is 0.433 e. The third-order valence-electron chi connectivity index (χ3n) is 2.21. The van der Waals surface area contributed by atoms with Crippen LogP contribution < -0.4 is 0 Å². The van der Waals surface area contributed by atoms with Gasteiger partial charge < -0.3 is 4.42 Å². The standard InChI is InChI=1S/C12H10FNO2/c1-7-11(8(2)15)16-12(14-7)9-3-5-10(13)6-4-9/h3-6H,1-2H3. The number of aryl methyl sites for hydroxylation is 1. The molecular weight excluding hydrogens is 209 g/mol. The van der Waals surface area contributed by atoms with E-state index in [1.165, 1.54) is 19.1 Å². The van der Waals surface area contributed by atoms with E-state index in [0.29, 0.717) is 17.1 Å². The lowest BCUT2D eigenvalue weighted by atomic mass is 10.2. The number of hydrogen-bond acceptors (Lipinski definition) is 3. The average molecular weight is 219 g/mol. The predicted octanol–water partition coefficient (Wildman–Crippen LogP) is 2.99. The van der Waals surface area contributed by atoms with Gasteiger partial charge in [-0.05, 0) is 31.2 Å². The van der Waals surface area contributed by atoms with Gasteiger partial charge in [-0.2, -0.15) is 0 Å². The first-order valence-corrected chi connectivity index (χ1v) is 4.82. The first-order valence-electron chi connectivity index (χ1n) is 4.82. The van der Waals surface area contributed by atoms with Gasteiger partial charge in [-0.25, -0.2) is 9.37 Å². The van der Waals surface area contributed by atoms with Crippen molar-refractivity contribution >= 4 is 5.78 Å². The Kier molecular flexibility index (Phi) is 2.56. The average Bonchev–Trinajstić information content (AvgIpc) is 2.61. The van der Waals surface area contributed by atoms with Crippen LogP contribution in [0.15, 0.2) is 28.7 Å². The van der Waals surface area contributed by atoms with Crippen LogP contribution in [0.4, 0.5) is 4.39 Å². The summed E-state index contributed by atoms with van der Waals surface area (Å²) in [6, 6.07) is 5.76. The number of aromatic nitrogens is 1. The molecule has 0 fully saturated rings. The molecule has 0 N–H and O–H groups in total. The van der Waals surface area contributed by atoms with Crippen LogP contribution in [0.1, 0.15) is 23.2 Å². The van der Waals surface area contributed by atoms with Crippen molar-refractivity contribution < 1.29 is 13.6 Å². The van der Waals surface area contributed by atoms with Gasteiger partial charge in [0.1, 0.15) is 5.82 Å². The molecule has 82 valence electrons. The molecule has 0 atom stereocenters. The molecule has 0 spiro atoms. The van der Waals surface area contributed by atoms with Crippen molar-refractivity contribution in [3.63, 3.8) is 0 Å². The molecule has 0 aliphatic carbocycles. The fourth-order valence-electron chi connectivity index (χ4n) is 1.44. The van der Waals surface area contributed by atoms with E-state index < -0.39 is 0 Å². The second kappa shape index (κ2) is 3.89. The molecule has 0 saturated heterocycles. The smallest absolute Gasteiger partial charge is 0.227 e. The molecule has 0 amide bonds. The van der Waals surface area contributed by atoms with E-state index in [4.69, 9.17) is 4.42 Å². The van der Waals surface area contributed by atoms with Gasteiger partial charge in [0.25, 0.3) is 0 Å². The van der Waals surface area contributed by atoms with Gasteiger partial charge in [-0.15, -0.1) is 0 Å². The van der Waals surface area contributed by atoms with E-state index in [0.717, 1.165) is 0 Å². The monoisotopic (exact) mass is 219 g/mol. The number of carbonyl (C=O) groups is 1. The molecule has 2 aromatic rings. The number of nitrogens with zero attached hydrogens (tertiary/aromatic N) is 1. The number of rotatable bonds is 2. The molecular formula is C12H10FNO2. The summed E-state index contributed by atoms with van der Waals surface area (Å²) >= 11 is 0. The van der Waals surface area contributed by atoms with Crippen LogP contribution in [0.2, 0.25) is 0 Å². The van der Waals surface area contributed by atoms with Crippen molar-refractivity contribution in [3.8, 4) is 11.5 Å². The number of benzene rings is 1. The number of halogens is 1. The third-order valence-corrected chi connectivity index (χ3v) is 2.21. The summed E-state index contributed by atoms with van der Waals surface area (Å²) in [4.78, 5) is 15.3. The minimum Gasteiger partial charge on any atom is -0.433 e. The van der Waals surface area contributed by atoms with Crippen molar-refractivity contribution in [3.05, 3.63) is 41.5 Å². The van der Waals surface area contributed by atoms with Gasteiger partial charge in [0.05, 0.1) is 5.69 Å². The van der Waals surface area contributed by atoms with Gasteiger partial charge in [0, 0.05) is 12.5 Å². The van der Waals surface area contributed by atoms with E-state index in [1.807, 2.05) is 0 Å². The Labute approximate surface area is 91.9 Å². The third kappa shape index (κ3) is 1.86. The van der Waals surface area contributed by atoms with Gasteiger partial charge >= 0.3 is 0 Å². The molecule has 0 saturated carbocycles. The molecule has 2 rings (SSSR count). The molecule has 0 radical (unpaired) electrons. The minimum atomic E-state index is -0.321. The maximum absolute atomic E-state index is 12.7. The molecule has 0 bridgehead atoms. The SMILES string of the molecule is CC(=O)c1oc(-c2ccc(F)cc2)nc1C. The highest BCUT2D eigenvalue weighted by atomic mass is 19.1. The lowest BCUT2D eigenvalue weighted by Gasteiger charge is -1.94. The van der Waals surface area contributed by atoms with Crippen LogP contribution in [-0.2, 0) is 0 Å². The Morgan fingerprint density at radius 3 is 2.44 bits per heavy atom. The first kappa shape index (κ1) is 10.5. The van der Waals surface area contributed by atoms with Crippen LogP contribution in [0.5, 0.6) is 0 Å². The van der Waals surface area contributed by atoms with Gasteiger partial charge in [-0.3, -0.25) is 4.79 Å². The van der Waals surface area contributed by atoms with Crippen molar-refractivity contribution in [2.24, 2.45) is 0 Å². The Balaban J connectivity index is 2.45. The zero-order chi connectivity index (χ0) is 11.7. The van der Waals surface area contributed by atoms with Crippen LogP contribution in [0.25, 0.3) is 11.5 Å². The van der Waals surface area contributed by atoms with Crippen molar-refractivity contribution in [1.29, 1.82) is 0 Å². The molecule has 3 nitrogen and oxygen atoms in total. The molecule has 0 aliphatic heterocycles. The Bertz CT molecular complexity index is 528. The first-order chi connectivity index (χ1) is 7.58. The van der Waals surface area contributed by atoms with Crippen LogP contribution >= 0.6 is 0 Å². The highest BCUT2D eigenvalue weighted by Gasteiger charge is 2.14. The Morgan fingerprint density at radius 1 is 1.31 bits per heavy atom. The van der Waals surface area contributed by atoms with E-state index in [1.54, 1.807) is 19.1 Å². The number of carbonyl (C=O) groups excluding carboxylic acids is 1. The topological polar surface area (TPSA) is 43.1 Å². The van der Waals surface area contributed by atoms with Gasteiger partial charge in [-0.1, -0.05) is 0 Å². The molecule has 0 aliphatic rings. The van der Waals surface area contributed by atoms with Gasteiger partial charge in [0.15, 0.2) is 11.5 Å². The number of hydrogen-bond donors (Lipinski definition) is 0. The molecule has 1 aromatic carbocycles. The second-order valence-corrected chi connectivity index (χ2v) is 3.50. The second-order valence-electron chi connectivity index (χ2n) is 3.50. The van der Waals surface area contributed by atoms with Crippen molar-refractivity contribution in [2.75, 3.05) is 0 Å². The van der Waals surface area contributed by atoms with E-state index in [-0.39, 0.29) is 17.4 Å². The highest BCUT2D eigenvalue weighted by molar-refractivity contribution is 5.92. The molecule has 1 aromatic heterocycles. The summed E-state index contributed by atoms with van der Waals surface area (Å²) in [6.45, 7) is 3.12. The number of Topliss-reactive ketones (excluding diaryl/α,β-unsaturated/α-hetero) is 1. The number of ketones is 1. The Morgan fingerprint density at radius 2 is 1.94 bits per heavy atom. The summed E-state index contributed by atoms with van der Waals surface area (Å²) in [5, 5.41) is 0. The lowest BCUT2D eigenvalue weighted by Crippen LogP contribution is -1.90. The quantitative estimate of drug-likeness (QED) is 0.729.